The second kappa shape index (κ2) is 3.43. The molecule has 1 aromatic rings. The summed E-state index contributed by atoms with van der Waals surface area (Å²) in [6.45, 7) is 3.67. The Morgan fingerprint density at radius 1 is 1.42 bits per heavy atom. The first kappa shape index (κ1) is 8.84. The molecule has 0 radical (unpaired) electrons. The lowest BCUT2D eigenvalue weighted by atomic mass is 10.3. The van der Waals surface area contributed by atoms with E-state index >= 15 is 0 Å². The minimum Gasteiger partial charge on any atom is -0.504 e. The van der Waals surface area contributed by atoms with Gasteiger partial charge in [-0.15, -0.1) is 0 Å². The van der Waals surface area contributed by atoms with Gasteiger partial charge < -0.3 is 9.84 Å². The van der Waals surface area contributed by atoms with Gasteiger partial charge in [-0.05, 0) is 26.0 Å². The van der Waals surface area contributed by atoms with Crippen LogP contribution in [0.1, 0.15) is 13.8 Å². The smallest absolute Gasteiger partial charge is 0.161 e. The molecule has 0 heterocycles. The first-order valence-electron chi connectivity index (χ1n) is 3.75. The molecule has 2 nitrogen and oxygen atoms in total. The van der Waals surface area contributed by atoms with Crippen molar-refractivity contribution in [3.8, 4) is 11.5 Å². The summed E-state index contributed by atoms with van der Waals surface area (Å²) in [5.41, 5.74) is 0. The molecule has 0 saturated carbocycles. The molecular weight excluding hydrogens is 159 g/mol. The topological polar surface area (TPSA) is 29.5 Å². The Bertz CT molecular complexity index is 271. The van der Waals surface area contributed by atoms with Crippen LogP contribution in [-0.2, 0) is 0 Å². The van der Waals surface area contributed by atoms with E-state index in [1.165, 1.54) is 12.1 Å². The van der Waals surface area contributed by atoms with E-state index in [0.717, 1.165) is 6.07 Å². The van der Waals surface area contributed by atoms with Crippen LogP contribution in [0.4, 0.5) is 4.39 Å². The normalized spacial score (nSPS) is 10.3. The summed E-state index contributed by atoms with van der Waals surface area (Å²) >= 11 is 0. The van der Waals surface area contributed by atoms with Crippen molar-refractivity contribution in [2.24, 2.45) is 0 Å². The summed E-state index contributed by atoms with van der Waals surface area (Å²) in [6, 6.07) is 3.68. The van der Waals surface area contributed by atoms with Crippen molar-refractivity contribution < 1.29 is 14.2 Å². The highest BCUT2D eigenvalue weighted by Crippen LogP contribution is 2.26. The average molecular weight is 170 g/mol. The molecule has 0 aliphatic carbocycles. The summed E-state index contributed by atoms with van der Waals surface area (Å²) < 4.78 is 17.7. The molecule has 0 spiro atoms. The zero-order chi connectivity index (χ0) is 9.14. The van der Waals surface area contributed by atoms with E-state index in [-0.39, 0.29) is 11.9 Å². The van der Waals surface area contributed by atoms with E-state index in [2.05, 4.69) is 0 Å². The first-order chi connectivity index (χ1) is 5.59. The monoisotopic (exact) mass is 170 g/mol. The maximum atomic E-state index is 12.5. The predicted octanol–water partition coefficient (Wildman–Crippen LogP) is 2.32. The van der Waals surface area contributed by atoms with Crippen molar-refractivity contribution in [3.63, 3.8) is 0 Å². The molecule has 1 aromatic carbocycles. The van der Waals surface area contributed by atoms with Gasteiger partial charge >= 0.3 is 0 Å². The third-order valence-electron chi connectivity index (χ3n) is 1.28. The Morgan fingerprint density at radius 2 is 2.08 bits per heavy atom. The molecule has 0 atom stereocenters. The molecule has 0 aliphatic heterocycles. The third-order valence-corrected chi connectivity index (χ3v) is 1.28. The van der Waals surface area contributed by atoms with Crippen molar-refractivity contribution in [1.82, 2.24) is 0 Å². The van der Waals surface area contributed by atoms with E-state index in [9.17, 15) is 9.50 Å². The van der Waals surface area contributed by atoms with Gasteiger partial charge in [0.25, 0.3) is 0 Å². The molecular formula is C9H11FO2. The summed E-state index contributed by atoms with van der Waals surface area (Å²) in [6.07, 6.45) is -0.0265. The molecule has 0 amide bonds. The third kappa shape index (κ3) is 2.12. The van der Waals surface area contributed by atoms with Crippen LogP contribution in [0.3, 0.4) is 0 Å². The first-order valence-corrected chi connectivity index (χ1v) is 3.75. The second-order valence-corrected chi connectivity index (χ2v) is 2.78. The molecule has 1 rings (SSSR count). The zero-order valence-corrected chi connectivity index (χ0v) is 7.04. The number of phenolic OH excluding ortho intramolecular Hbond substituents is 1. The Hall–Kier alpha value is -1.25. The number of rotatable bonds is 2. The molecule has 0 unspecified atom stereocenters. The van der Waals surface area contributed by atoms with Gasteiger partial charge in [0.15, 0.2) is 11.5 Å². The molecule has 0 aromatic heterocycles. The molecule has 0 aliphatic rings. The number of ether oxygens (including phenoxy) is 1. The van der Waals surface area contributed by atoms with Crippen molar-refractivity contribution in [2.45, 2.75) is 20.0 Å². The fourth-order valence-electron chi connectivity index (χ4n) is 0.844. The summed E-state index contributed by atoms with van der Waals surface area (Å²) in [7, 11) is 0. The van der Waals surface area contributed by atoms with Gasteiger partial charge in [-0.3, -0.25) is 0 Å². The lowest BCUT2D eigenvalue weighted by molar-refractivity contribution is 0.231. The summed E-state index contributed by atoms with van der Waals surface area (Å²) in [5, 5.41) is 9.18. The number of hydrogen-bond donors (Lipinski definition) is 1. The lowest BCUT2D eigenvalue weighted by Gasteiger charge is -2.10. The standard InChI is InChI=1S/C9H11FO2/c1-6(2)12-9-4-3-7(10)5-8(9)11/h3-6,11H,1-2H3. The maximum absolute atomic E-state index is 12.5. The Labute approximate surface area is 70.6 Å². The molecule has 1 N–H and O–H groups in total. The van der Waals surface area contributed by atoms with E-state index in [1.54, 1.807) is 0 Å². The van der Waals surface area contributed by atoms with Crippen molar-refractivity contribution in [2.75, 3.05) is 0 Å². The number of phenols is 1. The SMILES string of the molecule is CC(C)Oc1ccc(F)cc1O. The van der Waals surface area contributed by atoms with E-state index < -0.39 is 5.82 Å². The summed E-state index contributed by atoms with van der Waals surface area (Å²) in [4.78, 5) is 0. The fraction of sp³-hybridized carbons (Fsp3) is 0.333. The molecule has 0 fully saturated rings. The van der Waals surface area contributed by atoms with E-state index in [0.29, 0.717) is 5.75 Å². The Kier molecular flexibility index (Phi) is 2.53. The number of halogens is 1. The Morgan fingerprint density at radius 3 is 2.58 bits per heavy atom. The van der Waals surface area contributed by atoms with Crippen LogP contribution in [0.5, 0.6) is 11.5 Å². The quantitative estimate of drug-likeness (QED) is 0.738. The lowest BCUT2D eigenvalue weighted by Crippen LogP contribution is -2.05. The van der Waals surface area contributed by atoms with E-state index in [4.69, 9.17) is 4.74 Å². The highest BCUT2D eigenvalue weighted by Gasteiger charge is 2.04. The fourth-order valence-corrected chi connectivity index (χ4v) is 0.844. The van der Waals surface area contributed by atoms with Gasteiger partial charge in [0.2, 0.25) is 0 Å². The zero-order valence-electron chi connectivity index (χ0n) is 7.04. The molecule has 12 heavy (non-hydrogen) atoms. The van der Waals surface area contributed by atoms with Gasteiger partial charge in [-0.2, -0.15) is 0 Å². The number of aromatic hydroxyl groups is 1. The van der Waals surface area contributed by atoms with Crippen LogP contribution in [0, 0.1) is 5.82 Å². The second-order valence-electron chi connectivity index (χ2n) is 2.78. The van der Waals surface area contributed by atoms with Gasteiger partial charge in [-0.1, -0.05) is 0 Å². The van der Waals surface area contributed by atoms with Gasteiger partial charge in [0.05, 0.1) is 6.10 Å². The van der Waals surface area contributed by atoms with Gasteiger partial charge in [0, 0.05) is 6.07 Å². The summed E-state index contributed by atoms with van der Waals surface area (Å²) in [5.74, 6) is -0.321. The predicted molar refractivity (Wildman–Crippen MR) is 43.8 cm³/mol. The molecule has 0 saturated heterocycles. The number of benzene rings is 1. The highest BCUT2D eigenvalue weighted by atomic mass is 19.1. The van der Waals surface area contributed by atoms with Gasteiger partial charge in [0.1, 0.15) is 5.82 Å². The number of hydrogen-bond acceptors (Lipinski definition) is 2. The Balaban J connectivity index is 2.86. The molecule has 0 bridgehead atoms. The van der Waals surface area contributed by atoms with Crippen molar-refractivity contribution in [1.29, 1.82) is 0 Å². The van der Waals surface area contributed by atoms with Crippen molar-refractivity contribution in [3.05, 3.63) is 24.0 Å². The molecule has 66 valence electrons. The minimum absolute atomic E-state index is 0.0265. The maximum Gasteiger partial charge on any atom is 0.161 e. The van der Waals surface area contributed by atoms with Gasteiger partial charge in [-0.25, -0.2) is 4.39 Å². The van der Waals surface area contributed by atoms with Crippen LogP contribution < -0.4 is 4.74 Å². The average Bonchev–Trinajstić information content (AvgIpc) is 1.94. The van der Waals surface area contributed by atoms with Crippen LogP contribution in [0.15, 0.2) is 18.2 Å². The largest absolute Gasteiger partial charge is 0.504 e. The highest BCUT2D eigenvalue weighted by molar-refractivity contribution is 5.38. The van der Waals surface area contributed by atoms with Crippen LogP contribution in [0.25, 0.3) is 0 Å². The molecule has 3 heteroatoms. The van der Waals surface area contributed by atoms with Crippen LogP contribution in [0.2, 0.25) is 0 Å². The van der Waals surface area contributed by atoms with Crippen molar-refractivity contribution >= 4 is 0 Å². The van der Waals surface area contributed by atoms with Crippen LogP contribution >= 0.6 is 0 Å². The van der Waals surface area contributed by atoms with Crippen LogP contribution in [-0.4, -0.2) is 11.2 Å². The minimum atomic E-state index is -0.469. The van der Waals surface area contributed by atoms with E-state index in [1.807, 2.05) is 13.8 Å².